The smallest absolute Gasteiger partial charge is 0.0602 e. The van der Waals surface area contributed by atoms with Crippen LogP contribution in [0.5, 0.6) is 0 Å². The zero-order chi connectivity index (χ0) is 10.6. The summed E-state index contributed by atoms with van der Waals surface area (Å²) in [6, 6.07) is 0.593. The molecule has 0 aromatic carbocycles. The quantitative estimate of drug-likeness (QED) is 0.634. The molecule has 0 aromatic rings. The summed E-state index contributed by atoms with van der Waals surface area (Å²) < 4.78 is 0. The number of nitrogens with one attached hydrogen (secondary N) is 1. The molecule has 1 N–H and O–H groups in total. The molecule has 1 aliphatic rings. The molecule has 2 heteroatoms. The lowest BCUT2D eigenvalue weighted by molar-refractivity contribution is 0.146. The minimum atomic E-state index is 0.346. The van der Waals surface area contributed by atoms with Gasteiger partial charge in [0.05, 0.1) is 6.54 Å². The first kappa shape index (κ1) is 11.6. The van der Waals surface area contributed by atoms with E-state index in [1.54, 1.807) is 0 Å². The maximum atomic E-state index is 3.58. The Bertz CT molecular complexity index is 229. The van der Waals surface area contributed by atoms with Gasteiger partial charge in [0.2, 0.25) is 0 Å². The van der Waals surface area contributed by atoms with Crippen molar-refractivity contribution < 1.29 is 0 Å². The molecule has 1 heterocycles. The van der Waals surface area contributed by atoms with Crippen molar-refractivity contribution in [2.45, 2.75) is 33.7 Å². The second kappa shape index (κ2) is 4.82. The number of piperazine rings is 1. The molecule has 1 unspecified atom stereocenters. The predicted octanol–water partition coefficient (Wildman–Crippen LogP) is 1.33. The highest BCUT2D eigenvalue weighted by Crippen LogP contribution is 2.21. The lowest BCUT2D eigenvalue weighted by atomic mass is 9.85. The molecule has 0 bridgehead atoms. The van der Waals surface area contributed by atoms with Crippen LogP contribution in [0, 0.1) is 17.3 Å². The van der Waals surface area contributed by atoms with Crippen molar-refractivity contribution in [1.82, 2.24) is 10.2 Å². The van der Waals surface area contributed by atoms with Gasteiger partial charge in [0.15, 0.2) is 0 Å². The Morgan fingerprint density at radius 3 is 2.71 bits per heavy atom. The molecule has 80 valence electrons. The van der Waals surface area contributed by atoms with E-state index in [1.165, 1.54) is 0 Å². The van der Waals surface area contributed by atoms with E-state index in [-0.39, 0.29) is 0 Å². The van der Waals surface area contributed by atoms with E-state index in [4.69, 9.17) is 0 Å². The van der Waals surface area contributed by atoms with Crippen LogP contribution in [0.25, 0.3) is 0 Å². The van der Waals surface area contributed by atoms with Gasteiger partial charge in [-0.05, 0) is 12.3 Å². The van der Waals surface area contributed by atoms with E-state index in [2.05, 4.69) is 42.8 Å². The van der Waals surface area contributed by atoms with E-state index in [9.17, 15) is 0 Å². The van der Waals surface area contributed by atoms with E-state index in [0.29, 0.717) is 11.5 Å². The molecule has 1 aliphatic heterocycles. The molecule has 14 heavy (non-hydrogen) atoms. The fourth-order valence-electron chi connectivity index (χ4n) is 1.73. The van der Waals surface area contributed by atoms with Gasteiger partial charge in [0.1, 0.15) is 0 Å². The van der Waals surface area contributed by atoms with Gasteiger partial charge in [-0.2, -0.15) is 0 Å². The minimum Gasteiger partial charge on any atom is -0.311 e. The van der Waals surface area contributed by atoms with Crippen molar-refractivity contribution in [3.05, 3.63) is 0 Å². The van der Waals surface area contributed by atoms with Crippen LogP contribution >= 0.6 is 0 Å². The molecule has 1 fully saturated rings. The molecule has 0 radical (unpaired) electrons. The largest absolute Gasteiger partial charge is 0.311 e. The van der Waals surface area contributed by atoms with Crippen molar-refractivity contribution in [2.24, 2.45) is 5.41 Å². The molecule has 2 nitrogen and oxygen atoms in total. The zero-order valence-corrected chi connectivity index (χ0v) is 9.85. The molecule has 0 saturated carbocycles. The first-order valence-corrected chi connectivity index (χ1v) is 5.39. The van der Waals surface area contributed by atoms with E-state index < -0.39 is 0 Å². The van der Waals surface area contributed by atoms with Crippen molar-refractivity contribution in [1.29, 1.82) is 0 Å². The van der Waals surface area contributed by atoms with Gasteiger partial charge in [0, 0.05) is 25.7 Å². The Kier molecular flexibility index (Phi) is 3.97. The van der Waals surface area contributed by atoms with Crippen LogP contribution in [-0.2, 0) is 0 Å². The van der Waals surface area contributed by atoms with Crippen LogP contribution in [0.1, 0.15) is 27.7 Å². The first-order valence-electron chi connectivity index (χ1n) is 5.39. The third-order valence-corrected chi connectivity index (χ3v) is 2.78. The predicted molar refractivity (Wildman–Crippen MR) is 61.1 cm³/mol. The SMILES string of the molecule is CC#CCN1CCNC(C(C)(C)C)C1. The topological polar surface area (TPSA) is 15.3 Å². The number of rotatable bonds is 1. The summed E-state index contributed by atoms with van der Waals surface area (Å²) in [4.78, 5) is 2.43. The second-order valence-corrected chi connectivity index (χ2v) is 5.03. The zero-order valence-electron chi connectivity index (χ0n) is 9.85. The van der Waals surface area contributed by atoms with Crippen molar-refractivity contribution >= 4 is 0 Å². The van der Waals surface area contributed by atoms with Crippen LogP contribution < -0.4 is 5.32 Å². The third kappa shape index (κ3) is 3.32. The molecular formula is C12H22N2. The summed E-state index contributed by atoms with van der Waals surface area (Å²) in [6.45, 7) is 13.0. The molecule has 0 spiro atoms. The lowest BCUT2D eigenvalue weighted by Crippen LogP contribution is -2.55. The number of hydrogen-bond acceptors (Lipinski definition) is 2. The molecular weight excluding hydrogens is 172 g/mol. The highest BCUT2D eigenvalue weighted by molar-refractivity contribution is 4.99. The Morgan fingerprint density at radius 2 is 2.14 bits per heavy atom. The molecule has 1 atom stereocenters. The highest BCUT2D eigenvalue weighted by Gasteiger charge is 2.28. The van der Waals surface area contributed by atoms with Gasteiger partial charge >= 0.3 is 0 Å². The lowest BCUT2D eigenvalue weighted by Gasteiger charge is -2.39. The molecule has 1 saturated heterocycles. The fourth-order valence-corrected chi connectivity index (χ4v) is 1.73. The van der Waals surface area contributed by atoms with Gasteiger partial charge in [-0.3, -0.25) is 4.90 Å². The van der Waals surface area contributed by atoms with Gasteiger partial charge in [-0.25, -0.2) is 0 Å². The maximum absolute atomic E-state index is 3.58. The molecule has 0 aliphatic carbocycles. The maximum Gasteiger partial charge on any atom is 0.0602 e. The molecule has 0 aromatic heterocycles. The van der Waals surface area contributed by atoms with E-state index in [1.807, 2.05) is 6.92 Å². The second-order valence-electron chi connectivity index (χ2n) is 5.03. The fraction of sp³-hybridized carbons (Fsp3) is 0.833. The summed E-state index contributed by atoms with van der Waals surface area (Å²) in [5.41, 5.74) is 0.346. The van der Waals surface area contributed by atoms with Crippen LogP contribution in [0.4, 0.5) is 0 Å². The van der Waals surface area contributed by atoms with Crippen molar-refractivity contribution in [2.75, 3.05) is 26.2 Å². The average molecular weight is 194 g/mol. The summed E-state index contributed by atoms with van der Waals surface area (Å²) in [7, 11) is 0. The molecule has 0 amide bonds. The van der Waals surface area contributed by atoms with Crippen molar-refractivity contribution in [3.8, 4) is 11.8 Å². The van der Waals surface area contributed by atoms with Gasteiger partial charge in [-0.15, -0.1) is 5.92 Å². The van der Waals surface area contributed by atoms with Gasteiger partial charge in [-0.1, -0.05) is 26.7 Å². The van der Waals surface area contributed by atoms with Crippen LogP contribution in [0.2, 0.25) is 0 Å². The van der Waals surface area contributed by atoms with E-state index >= 15 is 0 Å². The Labute approximate surface area is 88.1 Å². The van der Waals surface area contributed by atoms with Crippen LogP contribution in [0.15, 0.2) is 0 Å². The summed E-state index contributed by atoms with van der Waals surface area (Å²) in [5, 5.41) is 3.58. The monoisotopic (exact) mass is 194 g/mol. The van der Waals surface area contributed by atoms with Crippen molar-refractivity contribution in [3.63, 3.8) is 0 Å². The Hall–Kier alpha value is -0.520. The van der Waals surface area contributed by atoms with Gasteiger partial charge in [0.25, 0.3) is 0 Å². The third-order valence-electron chi connectivity index (χ3n) is 2.78. The average Bonchev–Trinajstić information content (AvgIpc) is 2.14. The Morgan fingerprint density at radius 1 is 1.43 bits per heavy atom. The van der Waals surface area contributed by atoms with Crippen LogP contribution in [0.3, 0.4) is 0 Å². The first-order chi connectivity index (χ1) is 6.54. The highest BCUT2D eigenvalue weighted by atomic mass is 15.2. The molecule has 1 rings (SSSR count). The van der Waals surface area contributed by atoms with Gasteiger partial charge < -0.3 is 5.32 Å². The number of hydrogen-bond donors (Lipinski definition) is 1. The summed E-state index contributed by atoms with van der Waals surface area (Å²) in [5.74, 6) is 6.09. The summed E-state index contributed by atoms with van der Waals surface area (Å²) >= 11 is 0. The standard InChI is InChI=1S/C12H22N2/c1-5-6-8-14-9-7-13-11(10-14)12(2,3)4/h11,13H,7-10H2,1-4H3. The number of nitrogens with zero attached hydrogens (tertiary/aromatic N) is 1. The van der Waals surface area contributed by atoms with Crippen LogP contribution in [-0.4, -0.2) is 37.1 Å². The minimum absolute atomic E-state index is 0.346. The Balaban J connectivity index is 2.46. The van der Waals surface area contributed by atoms with E-state index in [0.717, 1.165) is 26.2 Å². The normalized spacial score (nSPS) is 24.1. The summed E-state index contributed by atoms with van der Waals surface area (Å²) in [6.07, 6.45) is 0.